The molecular weight excluding hydrogens is 292 g/mol. The van der Waals surface area contributed by atoms with Crippen LogP contribution in [0, 0.1) is 0 Å². The van der Waals surface area contributed by atoms with E-state index >= 15 is 0 Å². The van der Waals surface area contributed by atoms with Crippen LogP contribution in [-0.4, -0.2) is 20.7 Å². The normalized spacial score (nSPS) is 10.6. The van der Waals surface area contributed by atoms with Gasteiger partial charge in [0.05, 0.1) is 5.02 Å². The Kier molecular flexibility index (Phi) is 3.45. The number of amides is 1. The third-order valence-electron chi connectivity index (χ3n) is 2.95. The minimum absolute atomic E-state index is 0.227. The second-order valence-corrected chi connectivity index (χ2v) is 4.87. The second kappa shape index (κ2) is 5.41. The Balaban J connectivity index is 1.76. The highest BCUT2D eigenvalue weighted by molar-refractivity contribution is 6.31. The fourth-order valence-electron chi connectivity index (χ4n) is 1.94. The van der Waals surface area contributed by atoms with Gasteiger partial charge in [0.1, 0.15) is 5.69 Å². The average Bonchev–Trinajstić information content (AvgIpc) is 3.09. The van der Waals surface area contributed by atoms with Crippen LogP contribution in [0.1, 0.15) is 10.5 Å². The molecule has 0 radical (unpaired) electrons. The maximum atomic E-state index is 12.1. The predicted molar refractivity (Wildman–Crippen MR) is 78.1 cm³/mol. The summed E-state index contributed by atoms with van der Waals surface area (Å²) in [6.45, 7) is 0. The van der Waals surface area contributed by atoms with Crippen molar-refractivity contribution in [3.63, 3.8) is 0 Å². The van der Waals surface area contributed by atoms with Crippen molar-refractivity contribution in [1.82, 2.24) is 14.8 Å². The summed E-state index contributed by atoms with van der Waals surface area (Å²) in [5.41, 5.74) is 1.94. The Labute approximate surface area is 125 Å². The van der Waals surface area contributed by atoms with Gasteiger partial charge in [-0.05, 0) is 30.3 Å². The number of nitrogens with one attached hydrogen (secondary N) is 1. The lowest BCUT2D eigenvalue weighted by atomic mass is 10.2. The molecule has 0 unspecified atom stereocenters. The van der Waals surface area contributed by atoms with Crippen molar-refractivity contribution >= 4 is 23.2 Å². The van der Waals surface area contributed by atoms with Crippen molar-refractivity contribution in [2.45, 2.75) is 0 Å². The maximum absolute atomic E-state index is 12.1. The first-order valence-electron chi connectivity index (χ1n) is 6.13. The van der Waals surface area contributed by atoms with Gasteiger partial charge in [0.25, 0.3) is 5.91 Å². The molecule has 0 spiro atoms. The number of anilines is 1. The van der Waals surface area contributed by atoms with E-state index in [2.05, 4.69) is 15.5 Å². The van der Waals surface area contributed by atoms with Crippen molar-refractivity contribution in [2.75, 3.05) is 5.32 Å². The molecule has 3 aromatic rings. The molecule has 1 amide bonds. The molecule has 21 heavy (non-hydrogen) atoms. The van der Waals surface area contributed by atoms with Crippen LogP contribution in [0.2, 0.25) is 5.02 Å². The molecule has 2 aromatic heterocycles. The van der Waals surface area contributed by atoms with Gasteiger partial charge in [-0.25, -0.2) is 0 Å². The first-order valence-corrected chi connectivity index (χ1v) is 6.51. The molecule has 0 saturated heterocycles. The topological polar surface area (TPSA) is 73.0 Å². The van der Waals surface area contributed by atoms with Crippen LogP contribution in [0.5, 0.6) is 0 Å². The molecule has 7 heteroatoms. The highest BCUT2D eigenvalue weighted by atomic mass is 35.5. The Morgan fingerprint density at radius 2 is 2.10 bits per heavy atom. The highest BCUT2D eigenvalue weighted by Crippen LogP contribution is 2.20. The van der Waals surface area contributed by atoms with Gasteiger partial charge in [-0.15, -0.1) is 10.2 Å². The number of hydrogen-bond acceptors (Lipinski definition) is 4. The highest BCUT2D eigenvalue weighted by Gasteiger charge is 2.11. The van der Waals surface area contributed by atoms with Gasteiger partial charge in [-0.3, -0.25) is 4.79 Å². The quantitative estimate of drug-likeness (QED) is 0.807. The van der Waals surface area contributed by atoms with Crippen LogP contribution in [0.15, 0.2) is 47.3 Å². The van der Waals surface area contributed by atoms with Crippen LogP contribution >= 0.6 is 11.6 Å². The fraction of sp³-hybridized carbons (Fsp3) is 0.0714. The molecule has 3 rings (SSSR count). The fourth-order valence-corrected chi connectivity index (χ4v) is 2.19. The zero-order chi connectivity index (χ0) is 14.8. The summed E-state index contributed by atoms with van der Waals surface area (Å²) >= 11 is 5.87. The summed E-state index contributed by atoms with van der Waals surface area (Å²) in [6, 6.07) is 8.73. The lowest BCUT2D eigenvalue weighted by molar-refractivity contribution is 0.101. The van der Waals surface area contributed by atoms with Crippen molar-refractivity contribution < 1.29 is 9.21 Å². The van der Waals surface area contributed by atoms with Crippen molar-refractivity contribution in [3.05, 3.63) is 53.6 Å². The van der Waals surface area contributed by atoms with E-state index in [0.29, 0.717) is 22.3 Å². The number of rotatable bonds is 3. The molecule has 0 aliphatic carbocycles. The standard InChI is InChI=1S/C14H11ClN4O2/c1-19-7-10(15)6-12(19)13(20)17-11-4-2-9(3-5-11)14-18-16-8-21-14/h2-8H,1H3,(H,17,20). The number of aryl methyl sites for hydroxylation is 1. The van der Waals surface area contributed by atoms with Crippen molar-refractivity contribution in [1.29, 1.82) is 0 Å². The van der Waals surface area contributed by atoms with E-state index in [1.165, 1.54) is 6.39 Å². The predicted octanol–water partition coefficient (Wildman–Crippen LogP) is 2.98. The van der Waals surface area contributed by atoms with E-state index in [4.69, 9.17) is 16.0 Å². The summed E-state index contributed by atoms with van der Waals surface area (Å²) in [5.74, 6) is 0.206. The molecule has 106 valence electrons. The number of carbonyl (C=O) groups is 1. The molecular formula is C14H11ClN4O2. The van der Waals surface area contributed by atoms with Crippen LogP contribution in [-0.2, 0) is 7.05 Å². The van der Waals surface area contributed by atoms with Crippen LogP contribution in [0.3, 0.4) is 0 Å². The minimum Gasteiger partial charge on any atom is -0.423 e. The average molecular weight is 303 g/mol. The Morgan fingerprint density at radius 1 is 1.33 bits per heavy atom. The van der Waals surface area contributed by atoms with Gasteiger partial charge in [0.15, 0.2) is 0 Å². The van der Waals surface area contributed by atoms with Gasteiger partial charge in [-0.1, -0.05) is 11.6 Å². The van der Waals surface area contributed by atoms with E-state index in [0.717, 1.165) is 5.56 Å². The SMILES string of the molecule is Cn1cc(Cl)cc1C(=O)Nc1ccc(-c2nnco2)cc1. The second-order valence-electron chi connectivity index (χ2n) is 4.43. The van der Waals surface area contributed by atoms with Crippen LogP contribution in [0.25, 0.3) is 11.5 Å². The third kappa shape index (κ3) is 2.80. The van der Waals surface area contributed by atoms with Gasteiger partial charge in [0.2, 0.25) is 12.3 Å². The van der Waals surface area contributed by atoms with Gasteiger partial charge >= 0.3 is 0 Å². The summed E-state index contributed by atoms with van der Waals surface area (Å²) in [5, 5.41) is 10.8. The van der Waals surface area contributed by atoms with Crippen molar-refractivity contribution in [2.24, 2.45) is 7.05 Å². The van der Waals surface area contributed by atoms with Gasteiger partial charge < -0.3 is 14.3 Å². The first-order chi connectivity index (χ1) is 10.1. The van der Waals surface area contributed by atoms with E-state index in [-0.39, 0.29) is 5.91 Å². The lowest BCUT2D eigenvalue weighted by Gasteiger charge is -2.06. The lowest BCUT2D eigenvalue weighted by Crippen LogP contribution is -2.15. The number of aromatic nitrogens is 3. The molecule has 0 fully saturated rings. The van der Waals surface area contributed by atoms with E-state index in [9.17, 15) is 4.79 Å². The number of benzene rings is 1. The largest absolute Gasteiger partial charge is 0.423 e. The summed E-state index contributed by atoms with van der Waals surface area (Å²) in [7, 11) is 1.76. The smallest absolute Gasteiger partial charge is 0.272 e. The van der Waals surface area contributed by atoms with Gasteiger partial charge in [0, 0.05) is 24.5 Å². The number of halogens is 1. The summed E-state index contributed by atoms with van der Waals surface area (Å²) < 4.78 is 6.77. The summed E-state index contributed by atoms with van der Waals surface area (Å²) in [4.78, 5) is 12.1. The molecule has 0 bridgehead atoms. The molecule has 0 aliphatic heterocycles. The molecule has 2 heterocycles. The summed E-state index contributed by atoms with van der Waals surface area (Å²) in [6.07, 6.45) is 2.94. The van der Waals surface area contributed by atoms with Crippen molar-refractivity contribution in [3.8, 4) is 11.5 Å². The molecule has 1 N–H and O–H groups in total. The monoisotopic (exact) mass is 302 g/mol. The Bertz CT molecular complexity index is 763. The zero-order valence-electron chi connectivity index (χ0n) is 11.1. The molecule has 0 aliphatic rings. The minimum atomic E-state index is -0.227. The Morgan fingerprint density at radius 3 is 2.67 bits per heavy atom. The molecule has 1 aromatic carbocycles. The molecule has 6 nitrogen and oxygen atoms in total. The molecule has 0 atom stereocenters. The van der Waals surface area contributed by atoms with Crippen LogP contribution in [0.4, 0.5) is 5.69 Å². The van der Waals surface area contributed by atoms with Gasteiger partial charge in [-0.2, -0.15) is 0 Å². The van der Waals surface area contributed by atoms with E-state index < -0.39 is 0 Å². The third-order valence-corrected chi connectivity index (χ3v) is 3.16. The first kappa shape index (κ1) is 13.4. The maximum Gasteiger partial charge on any atom is 0.272 e. The van der Waals surface area contributed by atoms with Crippen LogP contribution < -0.4 is 5.32 Å². The number of hydrogen-bond donors (Lipinski definition) is 1. The number of carbonyl (C=O) groups excluding carboxylic acids is 1. The number of nitrogens with zero attached hydrogens (tertiary/aromatic N) is 3. The molecule has 0 saturated carbocycles. The Hall–Kier alpha value is -2.60. The zero-order valence-corrected chi connectivity index (χ0v) is 11.8. The van der Waals surface area contributed by atoms with E-state index in [1.54, 1.807) is 48.1 Å². The van der Waals surface area contributed by atoms with E-state index in [1.807, 2.05) is 0 Å².